The summed E-state index contributed by atoms with van der Waals surface area (Å²) in [7, 11) is 0. The molecule has 4 heterocycles. The third kappa shape index (κ3) is 2.79. The van der Waals surface area contributed by atoms with Gasteiger partial charge in [0.05, 0.1) is 5.69 Å². The second kappa shape index (κ2) is 5.82. The first kappa shape index (κ1) is 13.9. The topological polar surface area (TPSA) is 19.4 Å². The first-order valence-corrected chi connectivity index (χ1v) is 8.21. The lowest BCUT2D eigenvalue weighted by atomic mass is 9.86. The molecule has 0 aliphatic carbocycles. The Balaban J connectivity index is 1.36. The Labute approximate surface area is 132 Å². The van der Waals surface area contributed by atoms with Gasteiger partial charge in [0.25, 0.3) is 0 Å². The predicted octanol–water partition coefficient (Wildman–Crippen LogP) is 2.85. The lowest BCUT2D eigenvalue weighted by Crippen LogP contribution is -2.67. The minimum absolute atomic E-state index is 0.725. The number of aromatic nitrogens is 1. The summed E-state index contributed by atoms with van der Waals surface area (Å²) in [5.41, 5.74) is 4.00. The lowest BCUT2D eigenvalue weighted by molar-refractivity contribution is -0.0777. The molecule has 3 heteroatoms. The van der Waals surface area contributed by atoms with Crippen molar-refractivity contribution >= 4 is 0 Å². The van der Waals surface area contributed by atoms with Crippen molar-refractivity contribution < 1.29 is 0 Å². The van der Waals surface area contributed by atoms with E-state index in [0.717, 1.165) is 25.2 Å². The highest BCUT2D eigenvalue weighted by Crippen LogP contribution is 2.34. The van der Waals surface area contributed by atoms with Crippen LogP contribution < -0.4 is 0 Å². The summed E-state index contributed by atoms with van der Waals surface area (Å²) in [6, 6.07) is 16.6. The molecule has 2 atom stereocenters. The number of hydrogen-bond donors (Lipinski definition) is 0. The molecular weight excluding hydrogens is 270 g/mol. The normalized spacial score (nSPS) is 25.0. The maximum Gasteiger partial charge on any atom is 0.0543 e. The van der Waals surface area contributed by atoms with E-state index >= 15 is 0 Å². The maximum absolute atomic E-state index is 4.45. The van der Waals surface area contributed by atoms with Crippen LogP contribution in [0.25, 0.3) is 0 Å². The smallest absolute Gasteiger partial charge is 0.0543 e. The number of benzene rings is 1. The molecular formula is C19H23N3. The highest BCUT2D eigenvalue weighted by Gasteiger charge is 2.44. The largest absolute Gasteiger partial charge is 0.294 e. The second-order valence-corrected chi connectivity index (χ2v) is 6.72. The van der Waals surface area contributed by atoms with Gasteiger partial charge in [0, 0.05) is 44.5 Å². The predicted molar refractivity (Wildman–Crippen MR) is 88.4 cm³/mol. The van der Waals surface area contributed by atoms with Gasteiger partial charge >= 0.3 is 0 Å². The summed E-state index contributed by atoms with van der Waals surface area (Å²) in [6.45, 7) is 6.63. The number of aryl methyl sites for hydroxylation is 1. The Morgan fingerprint density at radius 3 is 2.64 bits per heavy atom. The summed E-state index contributed by atoms with van der Waals surface area (Å²) < 4.78 is 0. The fraction of sp³-hybridized carbons (Fsp3) is 0.421. The van der Waals surface area contributed by atoms with E-state index in [-0.39, 0.29) is 0 Å². The van der Waals surface area contributed by atoms with Crippen LogP contribution in [0.3, 0.4) is 0 Å². The quantitative estimate of drug-likeness (QED) is 0.864. The molecule has 0 N–H and O–H groups in total. The zero-order valence-corrected chi connectivity index (χ0v) is 13.2. The SMILES string of the molecule is Cc1cccc(CN2C3CC2CN(Cc2ccccn2)C3)c1. The molecule has 1 aromatic carbocycles. The van der Waals surface area contributed by atoms with Crippen molar-refractivity contribution in [3.8, 4) is 0 Å². The molecule has 5 rings (SSSR count). The molecule has 0 spiro atoms. The molecule has 3 nitrogen and oxygen atoms in total. The molecule has 3 aliphatic rings. The Hall–Kier alpha value is -1.71. The van der Waals surface area contributed by atoms with Crippen molar-refractivity contribution in [2.24, 2.45) is 0 Å². The van der Waals surface area contributed by atoms with Crippen LogP contribution in [0.5, 0.6) is 0 Å². The molecule has 22 heavy (non-hydrogen) atoms. The number of nitrogens with zero attached hydrogens (tertiary/aromatic N) is 3. The fourth-order valence-corrected chi connectivity index (χ4v) is 3.90. The van der Waals surface area contributed by atoms with Gasteiger partial charge < -0.3 is 0 Å². The highest BCUT2D eigenvalue weighted by molar-refractivity contribution is 5.23. The number of hydrogen-bond acceptors (Lipinski definition) is 3. The summed E-state index contributed by atoms with van der Waals surface area (Å²) in [6.07, 6.45) is 3.26. The molecule has 0 amide bonds. The van der Waals surface area contributed by atoms with Gasteiger partial charge in [0.2, 0.25) is 0 Å². The molecule has 3 aliphatic heterocycles. The maximum atomic E-state index is 4.45. The van der Waals surface area contributed by atoms with Crippen molar-refractivity contribution in [3.63, 3.8) is 0 Å². The van der Waals surface area contributed by atoms with Crippen LogP contribution in [0.4, 0.5) is 0 Å². The lowest BCUT2D eigenvalue weighted by Gasteiger charge is -2.56. The number of fused-ring (bicyclic) bond motifs is 2. The van der Waals surface area contributed by atoms with Crippen LogP contribution in [-0.2, 0) is 13.1 Å². The molecule has 1 aromatic heterocycles. The molecule has 2 bridgehead atoms. The Bertz CT molecular complexity index is 628. The van der Waals surface area contributed by atoms with E-state index in [1.54, 1.807) is 0 Å². The third-order valence-corrected chi connectivity index (χ3v) is 4.98. The van der Waals surface area contributed by atoms with Gasteiger partial charge in [0.1, 0.15) is 0 Å². The fourth-order valence-electron chi connectivity index (χ4n) is 3.90. The number of piperazine rings is 1. The van der Waals surface area contributed by atoms with Gasteiger partial charge in [-0.15, -0.1) is 0 Å². The van der Waals surface area contributed by atoms with Crippen molar-refractivity contribution in [2.45, 2.75) is 38.5 Å². The van der Waals surface area contributed by atoms with Gasteiger partial charge in [-0.05, 0) is 31.0 Å². The summed E-state index contributed by atoms with van der Waals surface area (Å²) in [5, 5.41) is 0. The van der Waals surface area contributed by atoms with Crippen LogP contribution in [0.2, 0.25) is 0 Å². The van der Waals surface area contributed by atoms with Crippen LogP contribution in [0.1, 0.15) is 23.2 Å². The van der Waals surface area contributed by atoms with Gasteiger partial charge in [-0.3, -0.25) is 14.8 Å². The minimum atomic E-state index is 0.725. The first-order valence-electron chi connectivity index (χ1n) is 8.21. The summed E-state index contributed by atoms with van der Waals surface area (Å²) >= 11 is 0. The van der Waals surface area contributed by atoms with Gasteiger partial charge in [-0.2, -0.15) is 0 Å². The van der Waals surface area contributed by atoms with Gasteiger partial charge in [0.15, 0.2) is 0 Å². The standard InChI is InChI=1S/C19H23N3/c1-15-5-4-6-16(9-15)11-22-18-10-19(22)14-21(13-18)12-17-7-2-3-8-20-17/h2-9,18-19H,10-14H2,1H3. The molecule has 2 unspecified atom stereocenters. The van der Waals surface area contributed by atoms with E-state index in [1.807, 2.05) is 12.3 Å². The zero-order valence-electron chi connectivity index (χ0n) is 13.2. The van der Waals surface area contributed by atoms with Crippen LogP contribution >= 0.6 is 0 Å². The van der Waals surface area contributed by atoms with Crippen molar-refractivity contribution in [1.29, 1.82) is 0 Å². The van der Waals surface area contributed by atoms with E-state index in [0.29, 0.717) is 0 Å². The summed E-state index contributed by atoms with van der Waals surface area (Å²) in [4.78, 5) is 9.70. The highest BCUT2D eigenvalue weighted by atomic mass is 15.4. The molecule has 3 fully saturated rings. The Morgan fingerprint density at radius 2 is 1.91 bits per heavy atom. The average Bonchev–Trinajstić information content (AvgIpc) is 2.54. The zero-order chi connectivity index (χ0) is 14.9. The Kier molecular flexibility index (Phi) is 3.68. The van der Waals surface area contributed by atoms with Crippen molar-refractivity contribution in [2.75, 3.05) is 13.1 Å². The molecule has 2 aromatic rings. The van der Waals surface area contributed by atoms with Crippen LogP contribution in [0.15, 0.2) is 48.7 Å². The number of pyridine rings is 1. The molecule has 3 saturated heterocycles. The van der Waals surface area contributed by atoms with Crippen molar-refractivity contribution in [3.05, 3.63) is 65.5 Å². The molecule has 114 valence electrons. The van der Waals surface area contributed by atoms with Gasteiger partial charge in [-0.25, -0.2) is 0 Å². The van der Waals surface area contributed by atoms with Gasteiger partial charge in [-0.1, -0.05) is 35.9 Å². The second-order valence-electron chi connectivity index (χ2n) is 6.72. The van der Waals surface area contributed by atoms with Crippen LogP contribution in [-0.4, -0.2) is 40.0 Å². The van der Waals surface area contributed by atoms with E-state index < -0.39 is 0 Å². The van der Waals surface area contributed by atoms with Crippen molar-refractivity contribution in [1.82, 2.24) is 14.8 Å². The minimum Gasteiger partial charge on any atom is -0.294 e. The van der Waals surface area contributed by atoms with Crippen LogP contribution in [0, 0.1) is 6.92 Å². The van der Waals surface area contributed by atoms with E-state index in [4.69, 9.17) is 0 Å². The average molecular weight is 293 g/mol. The van der Waals surface area contributed by atoms with E-state index in [9.17, 15) is 0 Å². The Morgan fingerprint density at radius 1 is 1.05 bits per heavy atom. The monoisotopic (exact) mass is 293 g/mol. The number of piperidine rings is 1. The third-order valence-electron chi connectivity index (χ3n) is 4.98. The summed E-state index contributed by atoms with van der Waals surface area (Å²) in [5.74, 6) is 0. The van der Waals surface area contributed by atoms with E-state index in [1.165, 1.54) is 36.3 Å². The molecule has 0 saturated carbocycles. The van der Waals surface area contributed by atoms with E-state index in [2.05, 4.69) is 58.1 Å². The first-order chi connectivity index (χ1) is 10.8. The number of rotatable bonds is 4. The molecule has 0 radical (unpaired) electrons.